The zero-order valence-electron chi connectivity index (χ0n) is 9.80. The summed E-state index contributed by atoms with van der Waals surface area (Å²) in [6.07, 6.45) is 8.80. The Balaban J connectivity index is 1.80. The van der Waals surface area contributed by atoms with E-state index in [-0.39, 0.29) is 0 Å². The highest BCUT2D eigenvalue weighted by Crippen LogP contribution is 2.17. The van der Waals surface area contributed by atoms with Crippen molar-refractivity contribution >= 4 is 11.3 Å². The molecule has 4 nitrogen and oxygen atoms in total. The van der Waals surface area contributed by atoms with Crippen molar-refractivity contribution in [3.05, 3.63) is 30.2 Å². The molecule has 4 heteroatoms. The summed E-state index contributed by atoms with van der Waals surface area (Å²) >= 11 is 0. The van der Waals surface area contributed by atoms with Crippen molar-refractivity contribution < 1.29 is 4.74 Å². The fourth-order valence-electron chi connectivity index (χ4n) is 2.36. The number of imidazole rings is 1. The van der Waals surface area contributed by atoms with Gasteiger partial charge in [-0.15, -0.1) is 0 Å². The van der Waals surface area contributed by atoms with E-state index in [0.717, 1.165) is 36.5 Å². The number of rotatable bonds is 2. The predicted molar refractivity (Wildman–Crippen MR) is 66.9 cm³/mol. The Morgan fingerprint density at radius 2 is 2.29 bits per heavy atom. The maximum Gasteiger partial charge on any atom is 0.137 e. The van der Waals surface area contributed by atoms with Gasteiger partial charge in [-0.2, -0.15) is 0 Å². The molecule has 0 radical (unpaired) electrons. The van der Waals surface area contributed by atoms with Crippen molar-refractivity contribution in [3.8, 4) is 0 Å². The molecule has 1 atom stereocenters. The molecule has 3 heterocycles. The lowest BCUT2D eigenvalue weighted by atomic mass is 10.1. The normalized spacial score (nSPS) is 20.8. The number of pyridine rings is 1. The monoisotopic (exact) mass is 231 g/mol. The van der Waals surface area contributed by atoms with Crippen LogP contribution < -0.4 is 5.73 Å². The Hall–Kier alpha value is -1.55. The molecule has 17 heavy (non-hydrogen) atoms. The van der Waals surface area contributed by atoms with Crippen LogP contribution in [0.25, 0.3) is 5.65 Å². The fourth-order valence-corrected chi connectivity index (χ4v) is 2.36. The number of aromatic nitrogens is 2. The molecule has 2 aromatic heterocycles. The number of nitrogens with zero attached hydrogens (tertiary/aromatic N) is 2. The third-order valence-electron chi connectivity index (χ3n) is 3.23. The van der Waals surface area contributed by atoms with Gasteiger partial charge in [-0.25, -0.2) is 4.98 Å². The number of fused-ring (bicyclic) bond motifs is 1. The molecule has 0 amide bonds. The first kappa shape index (κ1) is 10.6. The van der Waals surface area contributed by atoms with E-state index in [1.807, 2.05) is 28.9 Å². The number of nitrogen functional groups attached to an aromatic ring is 1. The minimum Gasteiger partial charge on any atom is -0.398 e. The molecule has 3 rings (SSSR count). The van der Waals surface area contributed by atoms with Crippen LogP contribution in [0.4, 0.5) is 5.69 Å². The van der Waals surface area contributed by atoms with Crippen LogP contribution in [-0.4, -0.2) is 22.1 Å². The molecule has 0 saturated carbocycles. The van der Waals surface area contributed by atoms with Gasteiger partial charge in [0.25, 0.3) is 0 Å². The van der Waals surface area contributed by atoms with Gasteiger partial charge in [0.05, 0.1) is 11.8 Å². The van der Waals surface area contributed by atoms with Gasteiger partial charge in [0.1, 0.15) is 5.65 Å². The molecule has 2 aromatic rings. The number of ether oxygens (including phenoxy) is 1. The summed E-state index contributed by atoms with van der Waals surface area (Å²) < 4.78 is 7.71. The van der Waals surface area contributed by atoms with E-state index in [2.05, 4.69) is 4.98 Å². The lowest BCUT2D eigenvalue weighted by Crippen LogP contribution is -2.21. The van der Waals surface area contributed by atoms with Crippen LogP contribution in [0.2, 0.25) is 0 Å². The van der Waals surface area contributed by atoms with Crippen LogP contribution >= 0.6 is 0 Å². The van der Waals surface area contributed by atoms with Crippen LogP contribution in [-0.2, 0) is 11.2 Å². The minimum absolute atomic E-state index is 0.339. The van der Waals surface area contributed by atoms with E-state index < -0.39 is 0 Å². The Labute approximate surface area is 100 Å². The van der Waals surface area contributed by atoms with Gasteiger partial charge in [0.2, 0.25) is 0 Å². The first-order valence-corrected chi connectivity index (χ1v) is 6.16. The standard InChI is InChI=1S/C13H17N3O/c14-10-4-5-13-15-11(9-16(13)8-10)7-12-3-1-2-6-17-12/h4-5,8-9,12H,1-3,6-7,14H2. The van der Waals surface area contributed by atoms with E-state index in [4.69, 9.17) is 10.5 Å². The van der Waals surface area contributed by atoms with Gasteiger partial charge < -0.3 is 14.9 Å². The van der Waals surface area contributed by atoms with Crippen molar-refractivity contribution in [1.29, 1.82) is 0 Å². The largest absolute Gasteiger partial charge is 0.398 e. The van der Waals surface area contributed by atoms with Gasteiger partial charge in [-0.1, -0.05) is 0 Å². The molecule has 0 aromatic carbocycles. The fraction of sp³-hybridized carbons (Fsp3) is 0.462. The molecule has 1 unspecified atom stereocenters. The van der Waals surface area contributed by atoms with Crippen LogP contribution in [0.5, 0.6) is 0 Å². The molecular formula is C13H17N3O. The molecule has 1 aliphatic heterocycles. The van der Waals surface area contributed by atoms with Gasteiger partial charge >= 0.3 is 0 Å². The molecule has 90 valence electrons. The van der Waals surface area contributed by atoms with E-state index in [1.165, 1.54) is 12.8 Å². The highest BCUT2D eigenvalue weighted by Gasteiger charge is 2.15. The number of nitrogens with two attached hydrogens (primary N) is 1. The first-order valence-electron chi connectivity index (χ1n) is 6.16. The van der Waals surface area contributed by atoms with Crippen LogP contribution in [0.1, 0.15) is 25.0 Å². The van der Waals surface area contributed by atoms with E-state index in [9.17, 15) is 0 Å². The molecule has 1 saturated heterocycles. The zero-order valence-corrected chi connectivity index (χ0v) is 9.80. The highest BCUT2D eigenvalue weighted by atomic mass is 16.5. The average molecular weight is 231 g/mol. The number of anilines is 1. The van der Waals surface area contributed by atoms with Crippen molar-refractivity contribution in [3.63, 3.8) is 0 Å². The van der Waals surface area contributed by atoms with Gasteiger partial charge in [0, 0.05) is 31.1 Å². The van der Waals surface area contributed by atoms with E-state index >= 15 is 0 Å². The second kappa shape index (κ2) is 4.37. The van der Waals surface area contributed by atoms with Crippen LogP contribution in [0, 0.1) is 0 Å². The molecule has 0 aliphatic carbocycles. The topological polar surface area (TPSA) is 52.5 Å². The smallest absolute Gasteiger partial charge is 0.137 e. The summed E-state index contributed by atoms with van der Waals surface area (Å²) in [5.74, 6) is 0. The quantitative estimate of drug-likeness (QED) is 0.860. The maximum atomic E-state index is 5.74. The SMILES string of the molecule is Nc1ccc2nc(CC3CCCCO3)cn2c1. The average Bonchev–Trinajstić information content (AvgIpc) is 2.71. The molecule has 0 spiro atoms. The van der Waals surface area contributed by atoms with E-state index in [1.54, 1.807) is 0 Å². The molecule has 1 aliphatic rings. The van der Waals surface area contributed by atoms with Gasteiger partial charge in [-0.05, 0) is 31.4 Å². The lowest BCUT2D eigenvalue weighted by molar-refractivity contribution is 0.0163. The maximum absolute atomic E-state index is 5.74. The van der Waals surface area contributed by atoms with Crippen molar-refractivity contribution in [2.24, 2.45) is 0 Å². The second-order valence-corrected chi connectivity index (χ2v) is 4.65. The second-order valence-electron chi connectivity index (χ2n) is 4.65. The summed E-state index contributed by atoms with van der Waals surface area (Å²) in [5, 5.41) is 0. The predicted octanol–water partition coefficient (Wildman–Crippen LogP) is 2.03. The third kappa shape index (κ3) is 2.26. The zero-order chi connectivity index (χ0) is 11.7. The lowest BCUT2D eigenvalue weighted by Gasteiger charge is -2.21. The molecule has 1 fully saturated rings. The van der Waals surface area contributed by atoms with Crippen molar-refractivity contribution in [2.75, 3.05) is 12.3 Å². The van der Waals surface area contributed by atoms with Crippen LogP contribution in [0.3, 0.4) is 0 Å². The molecule has 0 bridgehead atoms. The van der Waals surface area contributed by atoms with Gasteiger partial charge in [-0.3, -0.25) is 0 Å². The summed E-state index contributed by atoms with van der Waals surface area (Å²) in [7, 11) is 0. The van der Waals surface area contributed by atoms with Crippen LogP contribution in [0.15, 0.2) is 24.5 Å². The molecule has 2 N–H and O–H groups in total. The van der Waals surface area contributed by atoms with E-state index in [0.29, 0.717) is 6.10 Å². The summed E-state index contributed by atoms with van der Waals surface area (Å²) in [5.41, 5.74) is 8.54. The molecular weight excluding hydrogens is 214 g/mol. The Kier molecular flexibility index (Phi) is 2.73. The summed E-state index contributed by atoms with van der Waals surface area (Å²) in [4.78, 5) is 4.58. The summed E-state index contributed by atoms with van der Waals surface area (Å²) in [6.45, 7) is 0.894. The third-order valence-corrected chi connectivity index (χ3v) is 3.23. The van der Waals surface area contributed by atoms with Crippen molar-refractivity contribution in [1.82, 2.24) is 9.38 Å². The highest BCUT2D eigenvalue weighted by molar-refractivity contribution is 5.48. The Morgan fingerprint density at radius 3 is 3.12 bits per heavy atom. The van der Waals surface area contributed by atoms with Crippen molar-refractivity contribution in [2.45, 2.75) is 31.8 Å². The Bertz CT molecular complexity index is 514. The number of hydrogen-bond donors (Lipinski definition) is 1. The minimum atomic E-state index is 0.339. The number of hydrogen-bond acceptors (Lipinski definition) is 3. The summed E-state index contributed by atoms with van der Waals surface area (Å²) in [6, 6.07) is 3.82. The first-order chi connectivity index (χ1) is 8.31. The Morgan fingerprint density at radius 1 is 1.35 bits per heavy atom. The van der Waals surface area contributed by atoms with Gasteiger partial charge in [0.15, 0.2) is 0 Å².